The molecule has 0 saturated heterocycles. The number of aryl methyl sites for hydroxylation is 1. The molecule has 1 aliphatic rings. The van der Waals surface area contributed by atoms with Crippen LogP contribution in [0.4, 0.5) is 0 Å². The van der Waals surface area contributed by atoms with Gasteiger partial charge >= 0.3 is 5.69 Å². The normalized spacial score (nSPS) is 15.9. The van der Waals surface area contributed by atoms with E-state index >= 15 is 0 Å². The van der Waals surface area contributed by atoms with Gasteiger partial charge in [-0.15, -0.1) is 0 Å². The summed E-state index contributed by atoms with van der Waals surface area (Å²) in [6, 6.07) is 13.3. The first-order valence-corrected chi connectivity index (χ1v) is 10.4. The van der Waals surface area contributed by atoms with Gasteiger partial charge in [0.2, 0.25) is 0 Å². The molecule has 0 spiro atoms. The molecule has 1 amide bonds. The number of hydrogen-bond donors (Lipinski definition) is 1. The number of rotatable bonds is 4. The number of para-hydroxylation sites is 1. The lowest BCUT2D eigenvalue weighted by Gasteiger charge is -2.16. The van der Waals surface area contributed by atoms with E-state index in [4.69, 9.17) is 0 Å². The van der Waals surface area contributed by atoms with Crippen LogP contribution in [0.1, 0.15) is 34.6 Å². The highest BCUT2D eigenvalue weighted by Crippen LogP contribution is 2.15. The number of carbonyl (C=O) groups excluding carboxylic acids is 1. The number of nitrogens with one attached hydrogen (secondary N) is 1. The van der Waals surface area contributed by atoms with E-state index < -0.39 is 0 Å². The third-order valence-electron chi connectivity index (χ3n) is 5.66. The van der Waals surface area contributed by atoms with Crippen molar-refractivity contribution in [2.24, 2.45) is 0 Å². The maximum atomic E-state index is 12.8. The number of fused-ring (bicyclic) bond motifs is 2. The average molecular weight is 414 g/mol. The molecule has 0 radical (unpaired) electrons. The Morgan fingerprint density at radius 2 is 2.03 bits per heavy atom. The molecule has 156 valence electrons. The molecule has 0 fully saturated rings. The first-order valence-electron chi connectivity index (χ1n) is 10.4. The Bertz CT molecular complexity index is 1290. The van der Waals surface area contributed by atoms with Gasteiger partial charge in [0.1, 0.15) is 5.82 Å². The van der Waals surface area contributed by atoms with Gasteiger partial charge in [0, 0.05) is 43.0 Å². The van der Waals surface area contributed by atoms with Crippen LogP contribution in [-0.4, -0.2) is 36.3 Å². The van der Waals surface area contributed by atoms with Crippen LogP contribution >= 0.6 is 0 Å². The van der Waals surface area contributed by atoms with Crippen molar-refractivity contribution in [3.8, 4) is 0 Å². The highest BCUT2D eigenvalue weighted by Gasteiger charge is 2.22. The lowest BCUT2D eigenvalue weighted by atomic mass is 10.1. The first kappa shape index (κ1) is 19.2. The average Bonchev–Trinajstić information content (AvgIpc) is 2.96. The van der Waals surface area contributed by atoms with Crippen molar-refractivity contribution in [2.75, 3.05) is 0 Å². The summed E-state index contributed by atoms with van der Waals surface area (Å²) in [7, 11) is 0. The van der Waals surface area contributed by atoms with Crippen molar-refractivity contribution in [1.29, 1.82) is 0 Å². The molecule has 1 atom stereocenters. The molecule has 0 aliphatic carbocycles. The van der Waals surface area contributed by atoms with Gasteiger partial charge in [0.15, 0.2) is 0 Å². The maximum absolute atomic E-state index is 12.8. The third-order valence-corrected chi connectivity index (χ3v) is 5.66. The number of pyridine rings is 2. The zero-order chi connectivity index (χ0) is 21.2. The number of hydrogen-bond acceptors (Lipinski definition) is 5. The Morgan fingerprint density at radius 3 is 2.90 bits per heavy atom. The quantitative estimate of drug-likeness (QED) is 0.552. The SMILES string of the molecule is O=C(NC1CCc2nn(Cc3cccnc3)c(=O)n2CC1)c1cnc2ccccc2c1. The molecule has 0 saturated carbocycles. The predicted octanol–water partition coefficient (Wildman–Crippen LogP) is 2.17. The summed E-state index contributed by atoms with van der Waals surface area (Å²) < 4.78 is 3.21. The standard InChI is InChI=1S/C23H22N6O2/c30-22(18-12-17-5-1-2-6-20(17)25-14-18)26-19-7-8-21-27-29(23(31)28(21)11-9-19)15-16-4-3-10-24-13-16/h1-6,10,12-14,19H,7-9,11,15H2,(H,26,30). The lowest BCUT2D eigenvalue weighted by molar-refractivity contribution is 0.0932. The summed E-state index contributed by atoms with van der Waals surface area (Å²) in [5.74, 6) is 0.620. The van der Waals surface area contributed by atoms with E-state index in [1.165, 1.54) is 4.68 Å². The van der Waals surface area contributed by atoms with Crippen LogP contribution in [0, 0.1) is 0 Å². The van der Waals surface area contributed by atoms with E-state index in [1.807, 2.05) is 42.5 Å². The first-order chi connectivity index (χ1) is 15.2. The van der Waals surface area contributed by atoms with Crippen molar-refractivity contribution >= 4 is 16.8 Å². The molecule has 3 aromatic heterocycles. The molecular weight excluding hydrogens is 392 g/mol. The van der Waals surface area contributed by atoms with Crippen molar-refractivity contribution in [2.45, 2.75) is 38.4 Å². The van der Waals surface area contributed by atoms with Crippen molar-refractivity contribution in [3.63, 3.8) is 0 Å². The van der Waals surface area contributed by atoms with Gasteiger partial charge in [-0.3, -0.25) is 19.3 Å². The van der Waals surface area contributed by atoms with Crippen LogP contribution in [0.5, 0.6) is 0 Å². The molecule has 5 rings (SSSR count). The predicted molar refractivity (Wildman–Crippen MR) is 116 cm³/mol. The zero-order valence-electron chi connectivity index (χ0n) is 16.9. The van der Waals surface area contributed by atoms with Gasteiger partial charge in [0.05, 0.1) is 17.6 Å². The van der Waals surface area contributed by atoms with Gasteiger partial charge in [-0.05, 0) is 36.6 Å². The van der Waals surface area contributed by atoms with E-state index in [1.54, 1.807) is 23.2 Å². The minimum Gasteiger partial charge on any atom is -0.349 e. The summed E-state index contributed by atoms with van der Waals surface area (Å²) in [4.78, 5) is 34.0. The highest BCUT2D eigenvalue weighted by atomic mass is 16.2. The van der Waals surface area contributed by atoms with Gasteiger partial charge in [-0.2, -0.15) is 5.10 Å². The second kappa shape index (κ2) is 8.14. The number of aromatic nitrogens is 5. The Hall–Kier alpha value is -3.81. The fraction of sp³-hybridized carbons (Fsp3) is 0.261. The van der Waals surface area contributed by atoms with Gasteiger partial charge in [-0.1, -0.05) is 24.3 Å². The molecule has 0 bridgehead atoms. The second-order valence-electron chi connectivity index (χ2n) is 7.78. The van der Waals surface area contributed by atoms with Crippen molar-refractivity contribution < 1.29 is 4.79 Å². The van der Waals surface area contributed by atoms with Crippen molar-refractivity contribution in [1.82, 2.24) is 29.6 Å². The maximum Gasteiger partial charge on any atom is 0.346 e. The summed E-state index contributed by atoms with van der Waals surface area (Å²) in [6.07, 6.45) is 7.10. The number of nitrogens with zero attached hydrogens (tertiary/aromatic N) is 5. The van der Waals surface area contributed by atoms with Crippen LogP contribution in [0.25, 0.3) is 10.9 Å². The molecule has 1 unspecified atom stereocenters. The molecule has 1 aliphatic heterocycles. The number of benzene rings is 1. The van der Waals surface area contributed by atoms with Gasteiger partial charge in [0.25, 0.3) is 5.91 Å². The Balaban J connectivity index is 1.27. The number of amides is 1. The number of carbonyl (C=O) groups is 1. The summed E-state index contributed by atoms with van der Waals surface area (Å²) >= 11 is 0. The molecule has 4 heterocycles. The van der Waals surface area contributed by atoms with Gasteiger partial charge in [-0.25, -0.2) is 9.48 Å². The van der Waals surface area contributed by atoms with Gasteiger partial charge < -0.3 is 5.32 Å². The minimum absolute atomic E-state index is 0.0214. The van der Waals surface area contributed by atoms with E-state index in [0.717, 1.165) is 28.7 Å². The zero-order valence-corrected chi connectivity index (χ0v) is 16.9. The summed E-state index contributed by atoms with van der Waals surface area (Å²) in [5, 5.41) is 8.56. The topological polar surface area (TPSA) is 94.7 Å². The van der Waals surface area contributed by atoms with Crippen LogP contribution in [0.3, 0.4) is 0 Å². The molecular formula is C23H22N6O2. The summed E-state index contributed by atoms with van der Waals surface area (Å²) in [6.45, 7) is 0.934. The van der Waals surface area contributed by atoms with E-state index in [0.29, 0.717) is 31.5 Å². The van der Waals surface area contributed by atoms with Crippen LogP contribution in [-0.2, 0) is 19.5 Å². The van der Waals surface area contributed by atoms with Crippen molar-refractivity contribution in [3.05, 3.63) is 88.5 Å². The minimum atomic E-state index is -0.142. The molecule has 1 N–H and O–H groups in total. The van der Waals surface area contributed by atoms with E-state index in [2.05, 4.69) is 20.4 Å². The molecule has 31 heavy (non-hydrogen) atoms. The smallest absolute Gasteiger partial charge is 0.346 e. The monoisotopic (exact) mass is 414 g/mol. The molecule has 1 aromatic carbocycles. The van der Waals surface area contributed by atoms with Crippen LogP contribution < -0.4 is 11.0 Å². The van der Waals surface area contributed by atoms with E-state index in [9.17, 15) is 9.59 Å². The molecule has 8 nitrogen and oxygen atoms in total. The van der Waals surface area contributed by atoms with Crippen LogP contribution in [0.2, 0.25) is 0 Å². The fourth-order valence-electron chi connectivity index (χ4n) is 4.00. The second-order valence-corrected chi connectivity index (χ2v) is 7.78. The Labute approximate surface area is 178 Å². The largest absolute Gasteiger partial charge is 0.349 e. The highest BCUT2D eigenvalue weighted by molar-refractivity contribution is 5.97. The Morgan fingerprint density at radius 1 is 1.13 bits per heavy atom. The molecule has 4 aromatic rings. The summed E-state index contributed by atoms with van der Waals surface area (Å²) in [5.41, 5.74) is 2.22. The van der Waals surface area contributed by atoms with E-state index in [-0.39, 0.29) is 17.6 Å². The fourth-order valence-corrected chi connectivity index (χ4v) is 4.00. The lowest BCUT2D eigenvalue weighted by Crippen LogP contribution is -2.36. The Kier molecular flexibility index (Phi) is 5.03. The van der Waals surface area contributed by atoms with Crippen LogP contribution in [0.15, 0.2) is 65.8 Å². The third kappa shape index (κ3) is 3.96. The molecule has 8 heteroatoms.